The molecule has 9 heteroatoms. The maximum Gasteiger partial charge on any atom is 0.240 e. The van der Waals surface area contributed by atoms with Gasteiger partial charge in [-0.2, -0.15) is 0 Å². The molecule has 3 heterocycles. The molecule has 0 radical (unpaired) electrons. The van der Waals surface area contributed by atoms with Gasteiger partial charge in [-0.25, -0.2) is 28.1 Å². The van der Waals surface area contributed by atoms with Crippen LogP contribution in [0.3, 0.4) is 0 Å². The van der Waals surface area contributed by atoms with Crippen molar-refractivity contribution in [1.82, 2.24) is 19.7 Å². The average molecular weight is 384 g/mol. The Kier molecular flexibility index (Phi) is 4.63. The highest BCUT2D eigenvalue weighted by Crippen LogP contribution is 2.26. The van der Waals surface area contributed by atoms with E-state index in [-0.39, 0.29) is 10.9 Å². The van der Waals surface area contributed by atoms with E-state index >= 15 is 0 Å². The summed E-state index contributed by atoms with van der Waals surface area (Å²) in [6, 6.07) is 11.9. The number of anilines is 2. The van der Waals surface area contributed by atoms with E-state index in [4.69, 9.17) is 5.73 Å². The van der Waals surface area contributed by atoms with Crippen LogP contribution < -0.4 is 15.4 Å². The van der Waals surface area contributed by atoms with Gasteiger partial charge < -0.3 is 10.6 Å². The first-order valence-electron chi connectivity index (χ1n) is 8.72. The molecule has 2 aromatic heterocycles. The van der Waals surface area contributed by atoms with Gasteiger partial charge in [0.15, 0.2) is 5.65 Å². The van der Waals surface area contributed by atoms with Crippen molar-refractivity contribution in [3.8, 4) is 0 Å². The Labute approximate surface area is 157 Å². The largest absolute Gasteiger partial charge is 0.384 e. The standard InChI is InChI=1S/C18H20N6O2S/c19-16-7-6-15-17(22-16)20-12-21-18(15)24-10-8-13(9-11-24)23-27(25,26)14-4-2-1-3-5-14/h1-7,12-13,23H,8-11H2,(H2,19,20,21,22). The summed E-state index contributed by atoms with van der Waals surface area (Å²) in [4.78, 5) is 15.2. The van der Waals surface area contributed by atoms with E-state index in [0.29, 0.717) is 37.4 Å². The Bertz CT molecular complexity index is 1050. The monoisotopic (exact) mass is 384 g/mol. The number of rotatable bonds is 4. The summed E-state index contributed by atoms with van der Waals surface area (Å²) in [5, 5.41) is 0.843. The number of fused-ring (bicyclic) bond motifs is 1. The van der Waals surface area contributed by atoms with E-state index in [0.717, 1.165) is 11.2 Å². The van der Waals surface area contributed by atoms with Crippen LogP contribution in [0.4, 0.5) is 11.6 Å². The molecule has 0 amide bonds. The van der Waals surface area contributed by atoms with Gasteiger partial charge in [-0.05, 0) is 37.1 Å². The number of nitrogens with zero attached hydrogens (tertiary/aromatic N) is 4. The molecular weight excluding hydrogens is 364 g/mol. The fraction of sp³-hybridized carbons (Fsp3) is 0.278. The van der Waals surface area contributed by atoms with E-state index in [1.54, 1.807) is 36.4 Å². The van der Waals surface area contributed by atoms with Crippen molar-refractivity contribution in [3.05, 3.63) is 48.8 Å². The van der Waals surface area contributed by atoms with Crippen molar-refractivity contribution in [2.45, 2.75) is 23.8 Å². The Morgan fingerprint density at radius 1 is 1.04 bits per heavy atom. The molecular formula is C18H20N6O2S. The third kappa shape index (κ3) is 3.69. The van der Waals surface area contributed by atoms with Crippen molar-refractivity contribution in [2.75, 3.05) is 23.7 Å². The number of sulfonamides is 1. The van der Waals surface area contributed by atoms with Crippen LogP contribution >= 0.6 is 0 Å². The molecule has 0 atom stereocenters. The van der Waals surface area contributed by atoms with Gasteiger partial charge in [0, 0.05) is 19.1 Å². The molecule has 140 valence electrons. The normalized spacial score (nSPS) is 15.9. The highest BCUT2D eigenvalue weighted by atomic mass is 32.2. The van der Waals surface area contributed by atoms with Crippen LogP contribution in [0.5, 0.6) is 0 Å². The highest BCUT2D eigenvalue weighted by Gasteiger charge is 2.26. The van der Waals surface area contributed by atoms with Crippen LogP contribution in [0.25, 0.3) is 11.0 Å². The van der Waals surface area contributed by atoms with Gasteiger partial charge in [-0.3, -0.25) is 0 Å². The van der Waals surface area contributed by atoms with E-state index in [2.05, 4.69) is 24.6 Å². The maximum atomic E-state index is 12.5. The van der Waals surface area contributed by atoms with Crippen molar-refractivity contribution in [1.29, 1.82) is 0 Å². The molecule has 0 aliphatic carbocycles. The van der Waals surface area contributed by atoms with Crippen molar-refractivity contribution in [3.63, 3.8) is 0 Å². The molecule has 1 aliphatic rings. The Morgan fingerprint density at radius 3 is 2.52 bits per heavy atom. The summed E-state index contributed by atoms with van der Waals surface area (Å²) < 4.78 is 27.8. The summed E-state index contributed by atoms with van der Waals surface area (Å²) in [5.41, 5.74) is 6.29. The fourth-order valence-electron chi connectivity index (χ4n) is 3.29. The number of aromatic nitrogens is 3. The lowest BCUT2D eigenvalue weighted by Crippen LogP contribution is -2.44. The summed E-state index contributed by atoms with van der Waals surface area (Å²) in [5.74, 6) is 1.22. The molecule has 0 saturated carbocycles. The van der Waals surface area contributed by atoms with Gasteiger partial charge in [0.05, 0.1) is 10.3 Å². The average Bonchev–Trinajstić information content (AvgIpc) is 2.68. The lowest BCUT2D eigenvalue weighted by molar-refractivity contribution is 0.459. The van der Waals surface area contributed by atoms with Crippen molar-refractivity contribution < 1.29 is 8.42 Å². The minimum Gasteiger partial charge on any atom is -0.384 e. The predicted octanol–water partition coefficient (Wildman–Crippen LogP) is 1.55. The zero-order valence-corrected chi connectivity index (χ0v) is 15.4. The summed E-state index contributed by atoms with van der Waals surface area (Å²) >= 11 is 0. The molecule has 1 aliphatic heterocycles. The Balaban J connectivity index is 1.47. The van der Waals surface area contributed by atoms with Gasteiger partial charge in [-0.1, -0.05) is 18.2 Å². The molecule has 3 N–H and O–H groups in total. The maximum absolute atomic E-state index is 12.5. The summed E-state index contributed by atoms with van der Waals surface area (Å²) in [6.45, 7) is 1.39. The predicted molar refractivity (Wildman–Crippen MR) is 104 cm³/mol. The molecule has 0 spiro atoms. The molecule has 1 saturated heterocycles. The third-order valence-corrected chi connectivity index (χ3v) is 6.20. The molecule has 27 heavy (non-hydrogen) atoms. The van der Waals surface area contributed by atoms with Crippen molar-refractivity contribution in [2.24, 2.45) is 0 Å². The smallest absolute Gasteiger partial charge is 0.240 e. The van der Waals surface area contributed by atoms with Crippen LogP contribution in [0.2, 0.25) is 0 Å². The SMILES string of the molecule is Nc1ccc2c(N3CCC(NS(=O)(=O)c4ccccc4)CC3)ncnc2n1. The summed E-state index contributed by atoms with van der Waals surface area (Å²) in [7, 11) is -3.50. The number of hydrogen-bond donors (Lipinski definition) is 2. The van der Waals surface area contributed by atoms with E-state index in [1.807, 2.05) is 6.07 Å². The first-order valence-corrected chi connectivity index (χ1v) is 10.2. The Morgan fingerprint density at radius 2 is 1.78 bits per heavy atom. The molecule has 0 bridgehead atoms. The lowest BCUT2D eigenvalue weighted by atomic mass is 10.1. The first kappa shape index (κ1) is 17.6. The van der Waals surface area contributed by atoms with Gasteiger partial charge in [0.2, 0.25) is 10.0 Å². The van der Waals surface area contributed by atoms with Gasteiger partial charge in [0.1, 0.15) is 18.0 Å². The second kappa shape index (κ2) is 7.09. The van der Waals surface area contributed by atoms with E-state index in [9.17, 15) is 8.42 Å². The van der Waals surface area contributed by atoms with E-state index < -0.39 is 10.0 Å². The summed E-state index contributed by atoms with van der Waals surface area (Å²) in [6.07, 6.45) is 2.87. The number of pyridine rings is 1. The lowest BCUT2D eigenvalue weighted by Gasteiger charge is -2.33. The van der Waals surface area contributed by atoms with Gasteiger partial charge >= 0.3 is 0 Å². The number of hydrogen-bond acceptors (Lipinski definition) is 7. The fourth-order valence-corrected chi connectivity index (χ4v) is 4.62. The molecule has 4 rings (SSSR count). The quantitative estimate of drug-likeness (QED) is 0.701. The zero-order chi connectivity index (χ0) is 18.9. The van der Waals surface area contributed by atoms with Crippen molar-refractivity contribution >= 4 is 32.7 Å². The Hall–Kier alpha value is -2.78. The molecule has 1 aromatic carbocycles. The second-order valence-electron chi connectivity index (χ2n) is 6.50. The molecule has 1 fully saturated rings. The van der Waals surface area contributed by atoms with Crippen LogP contribution in [-0.4, -0.2) is 42.5 Å². The highest BCUT2D eigenvalue weighted by molar-refractivity contribution is 7.89. The second-order valence-corrected chi connectivity index (χ2v) is 8.21. The van der Waals surface area contributed by atoms with Crippen LogP contribution in [0.15, 0.2) is 53.7 Å². The number of nitrogens with two attached hydrogens (primary N) is 1. The third-order valence-electron chi connectivity index (χ3n) is 4.67. The zero-order valence-electron chi connectivity index (χ0n) is 14.6. The first-order chi connectivity index (χ1) is 13.0. The number of piperidine rings is 1. The molecule has 3 aromatic rings. The topological polar surface area (TPSA) is 114 Å². The number of nitrogens with one attached hydrogen (secondary N) is 1. The van der Waals surface area contributed by atoms with Crippen LogP contribution in [0, 0.1) is 0 Å². The minimum absolute atomic E-state index is 0.103. The van der Waals surface area contributed by atoms with Crippen LogP contribution in [-0.2, 0) is 10.0 Å². The minimum atomic E-state index is -3.50. The van der Waals surface area contributed by atoms with E-state index in [1.165, 1.54) is 6.33 Å². The molecule has 0 unspecified atom stereocenters. The van der Waals surface area contributed by atoms with Gasteiger partial charge in [-0.15, -0.1) is 0 Å². The van der Waals surface area contributed by atoms with Crippen LogP contribution in [0.1, 0.15) is 12.8 Å². The van der Waals surface area contributed by atoms with Gasteiger partial charge in [0.25, 0.3) is 0 Å². The number of benzene rings is 1. The molecule has 8 nitrogen and oxygen atoms in total. The number of nitrogen functional groups attached to an aromatic ring is 1.